The SMILES string of the molecule is CCN(c1ccc(Cl)cc1C)S(=O)(=O)c1ccc([N+](=O)[O-])cc1. The van der Waals surface area contributed by atoms with Gasteiger partial charge in [-0.25, -0.2) is 8.42 Å². The highest BCUT2D eigenvalue weighted by molar-refractivity contribution is 7.92. The minimum Gasteiger partial charge on any atom is -0.266 e. The molecule has 2 aromatic rings. The Bertz CT molecular complexity index is 835. The van der Waals surface area contributed by atoms with E-state index in [9.17, 15) is 18.5 Å². The molecule has 0 aliphatic heterocycles. The fourth-order valence-corrected chi connectivity index (χ4v) is 4.00. The number of anilines is 1. The number of sulfonamides is 1. The molecule has 0 saturated heterocycles. The lowest BCUT2D eigenvalue weighted by atomic mass is 10.2. The molecule has 0 aliphatic rings. The van der Waals surface area contributed by atoms with Gasteiger partial charge in [-0.15, -0.1) is 0 Å². The van der Waals surface area contributed by atoms with Crippen LogP contribution in [0.3, 0.4) is 0 Å². The topological polar surface area (TPSA) is 80.5 Å². The Kier molecular flexibility index (Phi) is 4.91. The van der Waals surface area contributed by atoms with Gasteiger partial charge < -0.3 is 0 Å². The van der Waals surface area contributed by atoms with E-state index in [4.69, 9.17) is 11.6 Å². The Morgan fingerprint density at radius 3 is 2.26 bits per heavy atom. The van der Waals surface area contributed by atoms with Crippen LogP contribution >= 0.6 is 11.6 Å². The van der Waals surface area contributed by atoms with Gasteiger partial charge in [-0.3, -0.25) is 14.4 Å². The van der Waals surface area contributed by atoms with Crippen LogP contribution in [-0.2, 0) is 10.0 Å². The Morgan fingerprint density at radius 1 is 1.17 bits per heavy atom. The third-order valence-electron chi connectivity index (χ3n) is 3.35. The van der Waals surface area contributed by atoms with Crippen LogP contribution in [0.5, 0.6) is 0 Å². The number of hydrogen-bond acceptors (Lipinski definition) is 4. The molecule has 23 heavy (non-hydrogen) atoms. The summed E-state index contributed by atoms with van der Waals surface area (Å²) in [6.07, 6.45) is 0. The molecular weight excluding hydrogens is 340 g/mol. The van der Waals surface area contributed by atoms with Gasteiger partial charge in [0.15, 0.2) is 0 Å². The van der Waals surface area contributed by atoms with E-state index >= 15 is 0 Å². The minimum absolute atomic E-state index is 0.000648. The average molecular weight is 355 g/mol. The first-order valence-electron chi connectivity index (χ1n) is 6.80. The van der Waals surface area contributed by atoms with Crippen molar-refractivity contribution in [3.05, 3.63) is 63.2 Å². The van der Waals surface area contributed by atoms with Crippen molar-refractivity contribution in [3.63, 3.8) is 0 Å². The number of aryl methyl sites for hydroxylation is 1. The number of hydrogen-bond donors (Lipinski definition) is 0. The molecule has 0 N–H and O–H groups in total. The van der Waals surface area contributed by atoms with E-state index in [0.29, 0.717) is 10.7 Å². The lowest BCUT2D eigenvalue weighted by Gasteiger charge is -2.24. The van der Waals surface area contributed by atoms with Gasteiger partial charge in [0, 0.05) is 23.7 Å². The largest absolute Gasteiger partial charge is 0.269 e. The average Bonchev–Trinajstić information content (AvgIpc) is 2.50. The number of rotatable bonds is 5. The number of nitro groups is 1. The smallest absolute Gasteiger partial charge is 0.266 e. The van der Waals surface area contributed by atoms with Gasteiger partial charge in [0.25, 0.3) is 15.7 Å². The Labute approximate surface area is 139 Å². The summed E-state index contributed by atoms with van der Waals surface area (Å²) >= 11 is 5.91. The third kappa shape index (κ3) is 3.46. The summed E-state index contributed by atoms with van der Waals surface area (Å²) in [5.74, 6) is 0. The third-order valence-corrected chi connectivity index (χ3v) is 5.49. The number of nitro benzene ring substituents is 1. The number of non-ortho nitro benzene ring substituents is 1. The van der Waals surface area contributed by atoms with Crippen molar-refractivity contribution in [1.82, 2.24) is 0 Å². The van der Waals surface area contributed by atoms with Crippen LogP contribution in [0, 0.1) is 17.0 Å². The predicted octanol–water partition coefficient (Wildman–Crippen LogP) is 3.77. The van der Waals surface area contributed by atoms with E-state index < -0.39 is 14.9 Å². The monoisotopic (exact) mass is 354 g/mol. The van der Waals surface area contributed by atoms with Gasteiger partial charge in [-0.2, -0.15) is 0 Å². The van der Waals surface area contributed by atoms with Crippen LogP contribution in [0.4, 0.5) is 11.4 Å². The second-order valence-corrected chi connectivity index (χ2v) is 7.15. The van der Waals surface area contributed by atoms with Crippen LogP contribution in [0.25, 0.3) is 0 Å². The molecule has 0 amide bonds. The lowest BCUT2D eigenvalue weighted by molar-refractivity contribution is -0.384. The molecule has 0 heterocycles. The van der Waals surface area contributed by atoms with E-state index in [-0.39, 0.29) is 17.1 Å². The first-order valence-corrected chi connectivity index (χ1v) is 8.62. The van der Waals surface area contributed by atoms with Crippen LogP contribution in [0.2, 0.25) is 5.02 Å². The van der Waals surface area contributed by atoms with Crippen LogP contribution < -0.4 is 4.31 Å². The lowest BCUT2D eigenvalue weighted by Crippen LogP contribution is -2.31. The van der Waals surface area contributed by atoms with Crippen molar-refractivity contribution < 1.29 is 13.3 Å². The van der Waals surface area contributed by atoms with Crippen molar-refractivity contribution >= 4 is 33.0 Å². The highest BCUT2D eigenvalue weighted by Gasteiger charge is 2.25. The summed E-state index contributed by atoms with van der Waals surface area (Å²) in [6.45, 7) is 3.72. The molecule has 2 rings (SSSR count). The van der Waals surface area contributed by atoms with Crippen molar-refractivity contribution in [2.24, 2.45) is 0 Å². The van der Waals surface area contributed by atoms with Crippen molar-refractivity contribution in [1.29, 1.82) is 0 Å². The highest BCUT2D eigenvalue weighted by atomic mass is 35.5. The van der Waals surface area contributed by atoms with Crippen molar-refractivity contribution in [2.45, 2.75) is 18.7 Å². The van der Waals surface area contributed by atoms with Crippen molar-refractivity contribution in [2.75, 3.05) is 10.8 Å². The van der Waals surface area contributed by atoms with Gasteiger partial charge in [0.1, 0.15) is 0 Å². The molecular formula is C15H15ClN2O4S. The first-order chi connectivity index (χ1) is 10.8. The highest BCUT2D eigenvalue weighted by Crippen LogP contribution is 2.29. The second-order valence-electron chi connectivity index (χ2n) is 4.85. The molecule has 0 aliphatic carbocycles. The number of halogens is 1. The number of benzene rings is 2. The molecule has 0 atom stereocenters. The van der Waals surface area contributed by atoms with Gasteiger partial charge in [-0.05, 0) is 49.7 Å². The van der Waals surface area contributed by atoms with E-state index in [0.717, 1.165) is 5.56 Å². The fraction of sp³-hybridized carbons (Fsp3) is 0.200. The summed E-state index contributed by atoms with van der Waals surface area (Å²) in [6, 6.07) is 9.78. The first kappa shape index (κ1) is 17.2. The van der Waals surface area contributed by atoms with Gasteiger partial charge in [0.05, 0.1) is 15.5 Å². The van der Waals surface area contributed by atoms with Gasteiger partial charge in [0.2, 0.25) is 0 Å². The molecule has 0 spiro atoms. The van der Waals surface area contributed by atoms with Gasteiger partial charge in [-0.1, -0.05) is 11.6 Å². The minimum atomic E-state index is -3.81. The molecule has 0 saturated carbocycles. The zero-order valence-corrected chi connectivity index (χ0v) is 14.1. The number of nitrogens with zero attached hydrogens (tertiary/aromatic N) is 2. The molecule has 0 fully saturated rings. The Morgan fingerprint density at radius 2 is 1.78 bits per heavy atom. The van der Waals surface area contributed by atoms with E-state index in [1.807, 2.05) is 0 Å². The van der Waals surface area contributed by atoms with Crippen LogP contribution in [0.15, 0.2) is 47.4 Å². The molecule has 0 radical (unpaired) electrons. The maximum absolute atomic E-state index is 12.8. The zero-order valence-electron chi connectivity index (χ0n) is 12.6. The summed E-state index contributed by atoms with van der Waals surface area (Å²) < 4.78 is 26.9. The van der Waals surface area contributed by atoms with Gasteiger partial charge >= 0.3 is 0 Å². The molecule has 8 heteroatoms. The van der Waals surface area contributed by atoms with E-state index in [1.165, 1.54) is 28.6 Å². The van der Waals surface area contributed by atoms with Crippen molar-refractivity contribution in [3.8, 4) is 0 Å². The zero-order chi connectivity index (χ0) is 17.2. The molecule has 122 valence electrons. The summed E-state index contributed by atoms with van der Waals surface area (Å²) in [5, 5.41) is 11.2. The van der Waals surface area contributed by atoms with E-state index in [1.54, 1.807) is 32.0 Å². The van der Waals surface area contributed by atoms with Crippen LogP contribution in [0.1, 0.15) is 12.5 Å². The normalized spacial score (nSPS) is 11.3. The maximum Gasteiger partial charge on any atom is 0.269 e. The second kappa shape index (κ2) is 6.55. The Balaban J connectivity index is 2.48. The summed E-state index contributed by atoms with van der Waals surface area (Å²) in [5.41, 5.74) is 1.09. The summed E-state index contributed by atoms with van der Waals surface area (Å²) in [7, 11) is -3.81. The predicted molar refractivity (Wildman–Crippen MR) is 89.5 cm³/mol. The quantitative estimate of drug-likeness (QED) is 0.604. The maximum atomic E-state index is 12.8. The molecule has 2 aromatic carbocycles. The fourth-order valence-electron chi connectivity index (χ4n) is 2.24. The van der Waals surface area contributed by atoms with Crippen LogP contribution in [-0.4, -0.2) is 19.9 Å². The Hall–Kier alpha value is -2.12. The molecule has 0 bridgehead atoms. The molecule has 6 nitrogen and oxygen atoms in total. The molecule has 0 aromatic heterocycles. The standard InChI is InChI=1S/C15H15ClN2O4S/c1-3-17(15-9-4-12(16)10-11(15)2)23(21,22)14-7-5-13(6-8-14)18(19)20/h4-10H,3H2,1-2H3. The van der Waals surface area contributed by atoms with E-state index in [2.05, 4.69) is 0 Å². The molecule has 0 unspecified atom stereocenters. The summed E-state index contributed by atoms with van der Waals surface area (Å²) in [4.78, 5) is 10.1.